The SMILES string of the molecule is CCC(CC)CN1C(=O)CC(C)C(C(=O)O)C1C. The number of amides is 1. The molecule has 1 saturated heterocycles. The van der Waals surface area contributed by atoms with Crippen molar-refractivity contribution in [3.63, 3.8) is 0 Å². The second kappa shape index (κ2) is 6.21. The number of hydrogen-bond donors (Lipinski definition) is 1. The van der Waals surface area contributed by atoms with Crippen LogP contribution in [0.15, 0.2) is 0 Å². The minimum absolute atomic E-state index is 0.0667. The second-order valence-corrected chi connectivity index (χ2v) is 5.51. The number of carbonyl (C=O) groups is 2. The second-order valence-electron chi connectivity index (χ2n) is 5.51. The van der Waals surface area contributed by atoms with Crippen molar-refractivity contribution in [3.8, 4) is 0 Å². The number of carboxylic acids is 1. The molecule has 1 rings (SSSR count). The lowest BCUT2D eigenvalue weighted by Crippen LogP contribution is -2.53. The van der Waals surface area contributed by atoms with Crippen molar-refractivity contribution < 1.29 is 14.7 Å². The van der Waals surface area contributed by atoms with Crippen molar-refractivity contribution in [2.75, 3.05) is 6.54 Å². The molecule has 0 aromatic heterocycles. The van der Waals surface area contributed by atoms with E-state index in [2.05, 4.69) is 13.8 Å². The van der Waals surface area contributed by atoms with Gasteiger partial charge in [-0.05, 0) is 18.8 Å². The maximum atomic E-state index is 12.1. The number of nitrogens with zero attached hydrogens (tertiary/aromatic N) is 1. The molecule has 0 aliphatic carbocycles. The van der Waals surface area contributed by atoms with E-state index in [0.717, 1.165) is 12.8 Å². The lowest BCUT2D eigenvalue weighted by atomic mass is 9.80. The van der Waals surface area contributed by atoms with E-state index in [1.54, 1.807) is 4.90 Å². The Balaban J connectivity index is 2.83. The molecule has 1 aliphatic rings. The van der Waals surface area contributed by atoms with Crippen LogP contribution >= 0.6 is 0 Å². The van der Waals surface area contributed by atoms with Crippen LogP contribution in [0.4, 0.5) is 0 Å². The Hall–Kier alpha value is -1.06. The lowest BCUT2D eigenvalue weighted by Gasteiger charge is -2.42. The topological polar surface area (TPSA) is 57.6 Å². The van der Waals surface area contributed by atoms with Gasteiger partial charge in [0.1, 0.15) is 0 Å². The molecule has 3 unspecified atom stereocenters. The molecule has 4 nitrogen and oxygen atoms in total. The molecule has 0 aromatic carbocycles. The molecular weight excluding hydrogens is 230 g/mol. The molecule has 104 valence electrons. The minimum Gasteiger partial charge on any atom is -0.481 e. The highest BCUT2D eigenvalue weighted by Crippen LogP contribution is 2.31. The van der Waals surface area contributed by atoms with Gasteiger partial charge in [0.25, 0.3) is 0 Å². The number of rotatable bonds is 5. The van der Waals surface area contributed by atoms with Crippen LogP contribution < -0.4 is 0 Å². The zero-order chi connectivity index (χ0) is 13.9. The highest BCUT2D eigenvalue weighted by molar-refractivity contribution is 5.81. The van der Waals surface area contributed by atoms with E-state index >= 15 is 0 Å². The third-order valence-electron chi connectivity index (χ3n) is 4.34. The molecule has 0 bridgehead atoms. The molecule has 1 N–H and O–H groups in total. The summed E-state index contributed by atoms with van der Waals surface area (Å²) in [5, 5.41) is 9.29. The van der Waals surface area contributed by atoms with Crippen LogP contribution in [0.1, 0.15) is 47.0 Å². The molecule has 1 heterocycles. The number of hydrogen-bond acceptors (Lipinski definition) is 2. The maximum absolute atomic E-state index is 12.1. The van der Waals surface area contributed by atoms with Crippen LogP contribution in [-0.4, -0.2) is 34.5 Å². The summed E-state index contributed by atoms with van der Waals surface area (Å²) in [6.07, 6.45) is 2.42. The average molecular weight is 255 g/mol. The summed E-state index contributed by atoms with van der Waals surface area (Å²) < 4.78 is 0. The Labute approximate surface area is 109 Å². The number of likely N-dealkylation sites (tertiary alicyclic amines) is 1. The normalized spacial score (nSPS) is 28.8. The zero-order valence-corrected chi connectivity index (χ0v) is 11.8. The minimum atomic E-state index is -0.781. The molecule has 1 fully saturated rings. The molecule has 0 saturated carbocycles. The Bertz CT molecular complexity index is 312. The third-order valence-corrected chi connectivity index (χ3v) is 4.34. The van der Waals surface area contributed by atoms with Gasteiger partial charge in [-0.3, -0.25) is 9.59 Å². The van der Waals surface area contributed by atoms with Crippen molar-refractivity contribution in [1.82, 2.24) is 4.90 Å². The fourth-order valence-corrected chi connectivity index (χ4v) is 2.96. The van der Waals surface area contributed by atoms with Gasteiger partial charge in [0.15, 0.2) is 0 Å². The number of aliphatic carboxylic acids is 1. The predicted octanol–water partition coefficient (Wildman–Crippen LogP) is 2.38. The summed E-state index contributed by atoms with van der Waals surface area (Å²) in [5.41, 5.74) is 0. The van der Waals surface area contributed by atoms with Crippen LogP contribution in [0, 0.1) is 17.8 Å². The number of carbonyl (C=O) groups excluding carboxylic acids is 1. The Morgan fingerprint density at radius 3 is 2.39 bits per heavy atom. The lowest BCUT2D eigenvalue weighted by molar-refractivity contribution is -0.155. The monoisotopic (exact) mass is 255 g/mol. The van der Waals surface area contributed by atoms with Gasteiger partial charge in [0.05, 0.1) is 5.92 Å². The molecule has 1 aliphatic heterocycles. The van der Waals surface area contributed by atoms with Crippen LogP contribution in [0.3, 0.4) is 0 Å². The average Bonchev–Trinajstić information content (AvgIpc) is 2.28. The Kier molecular flexibility index (Phi) is 5.17. The van der Waals surface area contributed by atoms with Crippen molar-refractivity contribution in [3.05, 3.63) is 0 Å². The molecule has 18 heavy (non-hydrogen) atoms. The van der Waals surface area contributed by atoms with E-state index in [1.807, 2.05) is 13.8 Å². The van der Waals surface area contributed by atoms with Crippen molar-refractivity contribution in [1.29, 1.82) is 0 Å². The van der Waals surface area contributed by atoms with Gasteiger partial charge in [0, 0.05) is 19.0 Å². The first-order chi connectivity index (χ1) is 8.42. The standard InChI is InChI=1S/C14H25NO3/c1-5-11(6-2)8-15-10(4)13(14(17)18)9(3)7-12(15)16/h9-11,13H,5-8H2,1-4H3,(H,17,18). The quantitative estimate of drug-likeness (QED) is 0.820. The molecule has 0 aromatic rings. The number of piperidine rings is 1. The van der Waals surface area contributed by atoms with Crippen LogP contribution in [0.25, 0.3) is 0 Å². The summed E-state index contributed by atoms with van der Waals surface area (Å²) in [6, 6.07) is -0.195. The van der Waals surface area contributed by atoms with E-state index in [1.165, 1.54) is 0 Å². The van der Waals surface area contributed by atoms with Crippen molar-refractivity contribution >= 4 is 11.9 Å². The van der Waals surface area contributed by atoms with Gasteiger partial charge in [-0.15, -0.1) is 0 Å². The van der Waals surface area contributed by atoms with E-state index < -0.39 is 11.9 Å². The van der Waals surface area contributed by atoms with E-state index in [0.29, 0.717) is 18.9 Å². The third kappa shape index (κ3) is 3.03. The van der Waals surface area contributed by atoms with Gasteiger partial charge < -0.3 is 10.0 Å². The summed E-state index contributed by atoms with van der Waals surface area (Å²) >= 11 is 0. The van der Waals surface area contributed by atoms with Crippen LogP contribution in [0.5, 0.6) is 0 Å². The maximum Gasteiger partial charge on any atom is 0.308 e. The molecule has 0 radical (unpaired) electrons. The van der Waals surface area contributed by atoms with Crippen molar-refractivity contribution in [2.45, 2.75) is 53.0 Å². The summed E-state index contributed by atoms with van der Waals surface area (Å²) in [6.45, 7) is 8.66. The first-order valence-electron chi connectivity index (χ1n) is 6.94. The number of carboxylic acid groups (broad SMARTS) is 1. The van der Waals surface area contributed by atoms with Crippen molar-refractivity contribution in [2.24, 2.45) is 17.8 Å². The molecule has 0 spiro atoms. The van der Waals surface area contributed by atoms with Gasteiger partial charge in [-0.1, -0.05) is 33.6 Å². The largest absolute Gasteiger partial charge is 0.481 e. The van der Waals surface area contributed by atoms with Crippen LogP contribution in [-0.2, 0) is 9.59 Å². The zero-order valence-electron chi connectivity index (χ0n) is 11.8. The van der Waals surface area contributed by atoms with Gasteiger partial charge >= 0.3 is 5.97 Å². The molecule has 3 atom stereocenters. The molecular formula is C14H25NO3. The summed E-state index contributed by atoms with van der Waals surface area (Å²) in [4.78, 5) is 25.2. The smallest absolute Gasteiger partial charge is 0.308 e. The van der Waals surface area contributed by atoms with E-state index in [4.69, 9.17) is 0 Å². The van der Waals surface area contributed by atoms with E-state index in [9.17, 15) is 14.7 Å². The summed E-state index contributed by atoms with van der Waals surface area (Å²) in [5.74, 6) is -0.698. The fourth-order valence-electron chi connectivity index (χ4n) is 2.96. The van der Waals surface area contributed by atoms with Gasteiger partial charge in [0.2, 0.25) is 5.91 Å². The molecule has 1 amide bonds. The van der Waals surface area contributed by atoms with Crippen LogP contribution in [0.2, 0.25) is 0 Å². The van der Waals surface area contributed by atoms with Gasteiger partial charge in [-0.25, -0.2) is 0 Å². The molecule has 4 heteroatoms. The first kappa shape index (κ1) is 15.0. The van der Waals surface area contributed by atoms with Gasteiger partial charge in [-0.2, -0.15) is 0 Å². The Morgan fingerprint density at radius 2 is 1.94 bits per heavy atom. The highest BCUT2D eigenvalue weighted by Gasteiger charge is 2.41. The first-order valence-corrected chi connectivity index (χ1v) is 6.94. The van der Waals surface area contributed by atoms with E-state index in [-0.39, 0.29) is 17.9 Å². The predicted molar refractivity (Wildman–Crippen MR) is 70.2 cm³/mol. The summed E-state index contributed by atoms with van der Waals surface area (Å²) in [7, 11) is 0. The highest BCUT2D eigenvalue weighted by atomic mass is 16.4. The fraction of sp³-hybridized carbons (Fsp3) is 0.857. The Morgan fingerprint density at radius 1 is 1.39 bits per heavy atom.